The molecule has 1 nitrogen and oxygen atoms in total. The fourth-order valence-electron chi connectivity index (χ4n) is 2.82. The zero-order valence-electron chi connectivity index (χ0n) is 10.8. The summed E-state index contributed by atoms with van der Waals surface area (Å²) in [5.74, 6) is 1.55. The van der Waals surface area contributed by atoms with Crippen molar-refractivity contribution in [2.45, 2.75) is 45.1 Å². The van der Waals surface area contributed by atoms with Crippen molar-refractivity contribution in [3.63, 3.8) is 0 Å². The minimum atomic E-state index is 0.246. The predicted octanol–water partition coefficient (Wildman–Crippen LogP) is 4.80. The lowest BCUT2D eigenvalue weighted by Gasteiger charge is -2.30. The van der Waals surface area contributed by atoms with Crippen LogP contribution in [0, 0.1) is 11.8 Å². The van der Waals surface area contributed by atoms with Crippen molar-refractivity contribution < 1.29 is 0 Å². The van der Waals surface area contributed by atoms with Crippen molar-refractivity contribution in [3.05, 3.63) is 33.3 Å². The second kappa shape index (κ2) is 6.40. The molecule has 1 atom stereocenters. The molecule has 100 valence electrons. The third-order valence-electron chi connectivity index (χ3n) is 4.14. The molecule has 2 rings (SSSR count). The minimum absolute atomic E-state index is 0.246. The summed E-state index contributed by atoms with van der Waals surface area (Å²) < 4.78 is 1.02. The van der Waals surface area contributed by atoms with Gasteiger partial charge in [-0.15, -0.1) is 0 Å². The Morgan fingerprint density at radius 2 is 2.00 bits per heavy atom. The van der Waals surface area contributed by atoms with Gasteiger partial charge >= 0.3 is 0 Å². The van der Waals surface area contributed by atoms with Crippen LogP contribution in [0.25, 0.3) is 0 Å². The maximum atomic E-state index is 6.36. The first-order chi connectivity index (χ1) is 8.56. The van der Waals surface area contributed by atoms with Crippen molar-refractivity contribution in [1.82, 2.24) is 0 Å². The highest BCUT2D eigenvalue weighted by Crippen LogP contribution is 2.32. The molecular weight excluding hydrogens is 310 g/mol. The zero-order valence-corrected chi connectivity index (χ0v) is 13.2. The molecule has 2 N–H and O–H groups in total. The number of hydrogen-bond acceptors (Lipinski definition) is 1. The molecular formula is C15H21BrClN. The molecule has 1 saturated carbocycles. The summed E-state index contributed by atoms with van der Waals surface area (Å²) in [4.78, 5) is 0. The first-order valence-corrected chi connectivity index (χ1v) is 7.93. The van der Waals surface area contributed by atoms with Crippen LogP contribution in [0.4, 0.5) is 0 Å². The van der Waals surface area contributed by atoms with E-state index in [0.717, 1.165) is 21.8 Å². The molecule has 1 aliphatic carbocycles. The Morgan fingerprint density at radius 3 is 2.61 bits per heavy atom. The van der Waals surface area contributed by atoms with Crippen LogP contribution in [-0.2, 0) is 6.42 Å². The largest absolute Gasteiger partial charge is 0.327 e. The van der Waals surface area contributed by atoms with Crippen molar-refractivity contribution >= 4 is 27.5 Å². The van der Waals surface area contributed by atoms with Gasteiger partial charge in [0.25, 0.3) is 0 Å². The normalized spacial score (nSPS) is 26.0. The van der Waals surface area contributed by atoms with Crippen molar-refractivity contribution in [3.8, 4) is 0 Å². The standard InChI is InChI=1S/C15H21BrClN/c1-10-2-4-11(5-3-10)15(18)8-12-6-7-13(16)9-14(12)17/h6-7,9-11,15H,2-5,8,18H2,1H3. The molecule has 1 aromatic carbocycles. The Morgan fingerprint density at radius 1 is 1.33 bits per heavy atom. The van der Waals surface area contributed by atoms with Gasteiger partial charge in [0.2, 0.25) is 0 Å². The van der Waals surface area contributed by atoms with Crippen LogP contribution in [0.15, 0.2) is 22.7 Å². The quantitative estimate of drug-likeness (QED) is 0.846. The van der Waals surface area contributed by atoms with E-state index in [1.54, 1.807) is 0 Å². The average Bonchev–Trinajstić information content (AvgIpc) is 2.33. The first kappa shape index (κ1) is 14.4. The maximum Gasteiger partial charge on any atom is 0.0449 e. The molecule has 0 spiro atoms. The molecule has 1 unspecified atom stereocenters. The van der Waals surface area contributed by atoms with E-state index >= 15 is 0 Å². The molecule has 1 aliphatic rings. The van der Waals surface area contributed by atoms with E-state index in [9.17, 15) is 0 Å². The van der Waals surface area contributed by atoms with Gasteiger partial charge in [-0.2, -0.15) is 0 Å². The second-order valence-electron chi connectivity index (χ2n) is 5.62. The van der Waals surface area contributed by atoms with Gasteiger partial charge in [-0.05, 0) is 48.8 Å². The van der Waals surface area contributed by atoms with Crippen LogP contribution in [0.2, 0.25) is 5.02 Å². The second-order valence-corrected chi connectivity index (χ2v) is 6.95. The molecule has 0 radical (unpaired) electrons. The molecule has 0 heterocycles. The molecule has 3 heteroatoms. The van der Waals surface area contributed by atoms with Gasteiger partial charge in [-0.3, -0.25) is 0 Å². The van der Waals surface area contributed by atoms with Gasteiger partial charge in [0.1, 0.15) is 0 Å². The van der Waals surface area contributed by atoms with E-state index in [1.165, 1.54) is 31.2 Å². The molecule has 1 aromatic rings. The van der Waals surface area contributed by atoms with Crippen molar-refractivity contribution in [2.24, 2.45) is 17.6 Å². The molecule has 0 bridgehead atoms. The molecule has 0 aromatic heterocycles. The molecule has 0 aliphatic heterocycles. The van der Waals surface area contributed by atoms with Gasteiger partial charge in [0.15, 0.2) is 0 Å². The average molecular weight is 331 g/mol. The summed E-state index contributed by atoms with van der Waals surface area (Å²) in [6.45, 7) is 2.34. The number of nitrogens with two attached hydrogens (primary N) is 1. The summed E-state index contributed by atoms with van der Waals surface area (Å²) in [6, 6.07) is 6.32. The zero-order chi connectivity index (χ0) is 13.1. The topological polar surface area (TPSA) is 26.0 Å². The van der Waals surface area contributed by atoms with Crippen LogP contribution < -0.4 is 5.73 Å². The highest BCUT2D eigenvalue weighted by Gasteiger charge is 2.24. The van der Waals surface area contributed by atoms with E-state index < -0.39 is 0 Å². The number of rotatable bonds is 3. The summed E-state index contributed by atoms with van der Waals surface area (Å²) in [6.07, 6.45) is 6.09. The van der Waals surface area contributed by atoms with Gasteiger partial charge in [-0.25, -0.2) is 0 Å². The van der Waals surface area contributed by atoms with Crippen LogP contribution in [-0.4, -0.2) is 6.04 Å². The fourth-order valence-corrected chi connectivity index (χ4v) is 3.57. The summed E-state index contributed by atoms with van der Waals surface area (Å²) in [7, 11) is 0. The molecule has 1 fully saturated rings. The van der Waals surface area contributed by atoms with Crippen LogP contribution in [0.5, 0.6) is 0 Å². The Kier molecular flexibility index (Phi) is 5.11. The summed E-state index contributed by atoms with van der Waals surface area (Å²) >= 11 is 9.68. The van der Waals surface area contributed by atoms with Gasteiger partial charge in [0.05, 0.1) is 0 Å². The van der Waals surface area contributed by atoms with E-state index in [0.29, 0.717) is 5.92 Å². The van der Waals surface area contributed by atoms with E-state index in [4.69, 9.17) is 17.3 Å². The van der Waals surface area contributed by atoms with Gasteiger partial charge < -0.3 is 5.73 Å². The number of halogens is 2. The third-order valence-corrected chi connectivity index (χ3v) is 4.98. The minimum Gasteiger partial charge on any atom is -0.327 e. The third kappa shape index (κ3) is 3.72. The van der Waals surface area contributed by atoms with E-state index in [-0.39, 0.29) is 6.04 Å². The first-order valence-electron chi connectivity index (χ1n) is 6.75. The lowest BCUT2D eigenvalue weighted by atomic mass is 9.78. The maximum absolute atomic E-state index is 6.36. The lowest BCUT2D eigenvalue weighted by molar-refractivity contribution is 0.253. The van der Waals surface area contributed by atoms with Crippen molar-refractivity contribution in [1.29, 1.82) is 0 Å². The predicted molar refractivity (Wildman–Crippen MR) is 82.0 cm³/mol. The number of benzene rings is 1. The molecule has 0 amide bonds. The van der Waals surface area contributed by atoms with E-state index in [1.807, 2.05) is 12.1 Å². The molecule has 18 heavy (non-hydrogen) atoms. The van der Waals surface area contributed by atoms with Gasteiger partial charge in [-0.1, -0.05) is 53.4 Å². The molecule has 0 saturated heterocycles. The van der Waals surface area contributed by atoms with Crippen molar-refractivity contribution in [2.75, 3.05) is 0 Å². The summed E-state index contributed by atoms with van der Waals surface area (Å²) in [5, 5.41) is 0.823. The highest BCUT2D eigenvalue weighted by molar-refractivity contribution is 9.10. The van der Waals surface area contributed by atoms with E-state index in [2.05, 4.69) is 28.9 Å². The Labute approximate surface area is 123 Å². The Hall–Kier alpha value is -0.0500. The van der Waals surface area contributed by atoms with Crippen LogP contribution in [0.3, 0.4) is 0 Å². The summed E-state index contributed by atoms with van der Waals surface area (Å²) in [5.41, 5.74) is 7.53. The number of hydrogen-bond donors (Lipinski definition) is 1. The Balaban J connectivity index is 1.96. The smallest absolute Gasteiger partial charge is 0.0449 e. The van der Waals surface area contributed by atoms with Gasteiger partial charge in [0, 0.05) is 15.5 Å². The Bertz CT molecular complexity index is 399. The monoisotopic (exact) mass is 329 g/mol. The SMILES string of the molecule is CC1CCC(C(N)Cc2ccc(Br)cc2Cl)CC1. The van der Waals surface area contributed by atoms with Crippen LogP contribution >= 0.6 is 27.5 Å². The highest BCUT2D eigenvalue weighted by atomic mass is 79.9. The fraction of sp³-hybridized carbons (Fsp3) is 0.600. The lowest BCUT2D eigenvalue weighted by Crippen LogP contribution is -2.34. The van der Waals surface area contributed by atoms with Crippen LogP contribution in [0.1, 0.15) is 38.2 Å².